The zero-order chi connectivity index (χ0) is 67.8. The topological polar surface area (TPSA) is 321 Å². The van der Waals surface area contributed by atoms with Crippen molar-refractivity contribution in [3.63, 3.8) is 0 Å². The Kier molecular flexibility index (Phi) is 35.9. The van der Waals surface area contributed by atoms with Gasteiger partial charge in [0, 0.05) is 0 Å². The van der Waals surface area contributed by atoms with Gasteiger partial charge in [0.1, 0.15) is 102 Å². The molecule has 2 aromatic rings. The van der Waals surface area contributed by atoms with Crippen LogP contribution in [0.1, 0.15) is 69.1 Å². The fourth-order valence-corrected chi connectivity index (χ4v) is 6.28. The molecule has 0 radical (unpaired) electrons. The third kappa shape index (κ3) is 32.7. The van der Waals surface area contributed by atoms with Crippen molar-refractivity contribution in [3.05, 3.63) is 169 Å². The average Bonchev–Trinajstić information content (AvgIpc) is 2.70. The molecule has 4 aliphatic heterocycles. The molecule has 0 saturated heterocycles. The van der Waals surface area contributed by atoms with Crippen LogP contribution in [0.15, 0.2) is 146 Å². The van der Waals surface area contributed by atoms with Crippen LogP contribution in [0, 0.1) is 0 Å². The number of ether oxygens (including phenoxy) is 20. The molecule has 28 nitrogen and oxygen atoms in total. The highest BCUT2D eigenvalue weighted by Crippen LogP contribution is 2.16. The fourth-order valence-electron chi connectivity index (χ4n) is 6.28. The van der Waals surface area contributed by atoms with Crippen molar-refractivity contribution in [1.82, 2.24) is 0 Å². The van der Waals surface area contributed by atoms with Crippen LogP contribution in [0.5, 0.6) is 0 Å². The first-order valence-corrected chi connectivity index (χ1v) is 28.4. The summed E-state index contributed by atoms with van der Waals surface area (Å²) in [5.74, 6) is -2.72. The van der Waals surface area contributed by atoms with Crippen LogP contribution in [-0.2, 0) is 94.7 Å². The van der Waals surface area contributed by atoms with Gasteiger partial charge in [-0.05, 0) is 98.5 Å². The molecular formula is C64H80O28. The van der Waals surface area contributed by atoms with Crippen molar-refractivity contribution in [3.8, 4) is 0 Å². The highest BCUT2D eigenvalue weighted by atomic mass is 16.8. The number of carbonyl (C=O) groups is 8. The molecule has 0 aromatic heterocycles. The second-order valence-electron chi connectivity index (χ2n) is 19.4. The van der Waals surface area contributed by atoms with Gasteiger partial charge in [0.15, 0.2) is 24.4 Å². The molecule has 4 atom stereocenters. The van der Waals surface area contributed by atoms with Crippen molar-refractivity contribution >= 4 is 48.5 Å². The van der Waals surface area contributed by atoms with Gasteiger partial charge in [-0.15, -0.1) is 0 Å². The number of benzene rings is 2. The zero-order valence-electron chi connectivity index (χ0n) is 52.2. The third-order valence-electron chi connectivity index (χ3n) is 11.6. The smallest absolute Gasteiger partial charge is 0.490 e. The first-order chi connectivity index (χ1) is 43.9. The molecule has 92 heavy (non-hydrogen) atoms. The normalized spacial score (nSPS) is 19.5. The van der Waals surface area contributed by atoms with Gasteiger partial charge in [0.05, 0.1) is 75.1 Å². The summed E-state index contributed by atoms with van der Waals surface area (Å²) in [6.45, 7) is 32.1. The van der Waals surface area contributed by atoms with Crippen molar-refractivity contribution < 1.29 is 133 Å². The van der Waals surface area contributed by atoms with Gasteiger partial charge in [-0.2, -0.15) is 0 Å². The molecule has 0 N–H and O–H groups in total. The van der Waals surface area contributed by atoms with E-state index in [1.807, 2.05) is 0 Å². The molecule has 4 bridgehead atoms. The lowest BCUT2D eigenvalue weighted by Crippen LogP contribution is -2.31. The lowest BCUT2D eigenvalue weighted by Gasteiger charge is -2.19. The number of allylic oxidation sites excluding steroid dienone is 4. The van der Waals surface area contributed by atoms with Crippen LogP contribution in [0.2, 0.25) is 0 Å². The second-order valence-corrected chi connectivity index (χ2v) is 19.4. The van der Waals surface area contributed by atoms with Crippen LogP contribution in [0.3, 0.4) is 0 Å². The van der Waals surface area contributed by atoms with Gasteiger partial charge >= 0.3 is 48.5 Å². The van der Waals surface area contributed by atoms with Gasteiger partial charge in [-0.25, -0.2) is 38.4 Å². The molecule has 4 heterocycles. The van der Waals surface area contributed by atoms with E-state index in [9.17, 15) is 38.4 Å². The van der Waals surface area contributed by atoms with Gasteiger partial charge in [0.2, 0.25) is 0 Å². The van der Waals surface area contributed by atoms with Gasteiger partial charge < -0.3 is 94.7 Å². The van der Waals surface area contributed by atoms with E-state index in [1.54, 1.807) is 27.7 Å². The van der Waals surface area contributed by atoms with Crippen molar-refractivity contribution in [2.75, 3.05) is 132 Å². The van der Waals surface area contributed by atoms with Gasteiger partial charge in [-0.1, -0.05) is 52.6 Å². The van der Waals surface area contributed by atoms with Crippen molar-refractivity contribution in [2.45, 2.75) is 52.1 Å². The minimum absolute atomic E-state index is 0.00461. The quantitative estimate of drug-likeness (QED) is 0.0657. The zero-order valence-corrected chi connectivity index (χ0v) is 52.2. The van der Waals surface area contributed by atoms with E-state index in [0.29, 0.717) is 22.3 Å². The van der Waals surface area contributed by atoms with E-state index in [2.05, 4.69) is 52.6 Å². The predicted molar refractivity (Wildman–Crippen MR) is 322 cm³/mol. The second kappa shape index (κ2) is 43.1. The summed E-state index contributed by atoms with van der Waals surface area (Å²) < 4.78 is 107. The van der Waals surface area contributed by atoms with Gasteiger partial charge in [-0.3, -0.25) is 0 Å². The molecule has 504 valence electrons. The Morgan fingerprint density at radius 1 is 0.304 bits per heavy atom. The Morgan fingerprint density at radius 2 is 0.478 bits per heavy atom. The Hall–Kier alpha value is -9.64. The molecule has 4 aliphatic rings. The summed E-state index contributed by atoms with van der Waals surface area (Å²) in [6, 6.07) is 10.3. The molecule has 28 heteroatoms. The van der Waals surface area contributed by atoms with Crippen LogP contribution in [0.4, 0.5) is 19.2 Å². The van der Waals surface area contributed by atoms with E-state index >= 15 is 0 Å². The summed E-state index contributed by atoms with van der Waals surface area (Å²) in [7, 11) is 0. The number of carbonyl (C=O) groups excluding carboxylic acids is 8. The molecular weight excluding hydrogens is 1220 g/mol. The summed E-state index contributed by atoms with van der Waals surface area (Å²) >= 11 is 0. The van der Waals surface area contributed by atoms with E-state index in [-0.39, 0.29) is 151 Å². The molecule has 6 rings (SSSR count). The summed E-state index contributed by atoms with van der Waals surface area (Å²) in [6.07, 6.45) is -9.34. The minimum Gasteiger partial charge on any atom is -0.490 e. The molecule has 0 fully saturated rings. The highest BCUT2D eigenvalue weighted by molar-refractivity contribution is 5.94. The molecule has 0 spiro atoms. The summed E-state index contributed by atoms with van der Waals surface area (Å²) in [5, 5.41) is 0. The first-order valence-electron chi connectivity index (χ1n) is 28.4. The summed E-state index contributed by atoms with van der Waals surface area (Å²) in [5.41, 5.74) is 1.95. The first kappa shape index (κ1) is 76.6. The lowest BCUT2D eigenvalue weighted by molar-refractivity contribution is -0.0448. The van der Waals surface area contributed by atoms with Crippen molar-refractivity contribution in [2.24, 2.45) is 0 Å². The number of esters is 4. The molecule has 2 aromatic carbocycles. The van der Waals surface area contributed by atoms with E-state index in [0.717, 1.165) is 0 Å². The Balaban J connectivity index is 1.69. The molecule has 0 aliphatic carbocycles. The number of rotatable bonds is 16. The van der Waals surface area contributed by atoms with Crippen LogP contribution >= 0.6 is 0 Å². The average molecular weight is 1300 g/mol. The Labute approximate surface area is 533 Å². The van der Waals surface area contributed by atoms with E-state index in [1.165, 1.54) is 48.5 Å². The standard InChI is InChI=1S/C64H80O28/c1-41(2)45(9)81-33-53-37-85-57(65)49-13-15-50(16-14-49)58(66)86-38-54(34-82-46(10)42(3)4)90-63(71)79-31-27-75-23-24-76-28-32-80-64(72)92-56(36-84-48(12)44(7)8)40-88-60(68)52-19-17-51(18-20-52)59(67)87-39-55(35-83-47(11)43(5)6)91-62(70)78-30-26-74-22-21-73-25-29-77-61(69)89-53/h13-20,53-56H,1,3,5,7,9-12,21-40H2,2,4,6,8H3. The van der Waals surface area contributed by atoms with Crippen LogP contribution in [-0.4, -0.2) is 205 Å². The number of hydrogen-bond acceptors (Lipinski definition) is 28. The van der Waals surface area contributed by atoms with Crippen LogP contribution < -0.4 is 0 Å². The van der Waals surface area contributed by atoms with Crippen molar-refractivity contribution in [1.29, 1.82) is 0 Å². The highest BCUT2D eigenvalue weighted by Gasteiger charge is 2.26. The monoisotopic (exact) mass is 1300 g/mol. The SMILES string of the molecule is C=C(C)C(=C)OCC1COC(=O)c2ccc(cc2)C(=O)OCC(COC(=C)C(=C)C)OC(=O)OCCOCCOCCOC(=O)OC(COC(=C)C(=C)C)COC(=O)c2ccc(cc2)C(=O)OCC(COC(=C)C(=C)C)OC(=O)OCCOCCOCCOC(=O)O1. The maximum Gasteiger partial charge on any atom is 0.508 e. The maximum absolute atomic E-state index is 13.1. The lowest BCUT2D eigenvalue weighted by atomic mass is 10.1. The predicted octanol–water partition coefficient (Wildman–Crippen LogP) is 8.61. The fraction of sp³-hybridized carbons (Fsp3) is 0.438. The number of hydrogen-bond donors (Lipinski definition) is 0. The van der Waals surface area contributed by atoms with Crippen LogP contribution in [0.25, 0.3) is 0 Å². The molecule has 0 amide bonds. The Morgan fingerprint density at radius 3 is 0.652 bits per heavy atom. The van der Waals surface area contributed by atoms with E-state index in [4.69, 9.17) is 94.7 Å². The third-order valence-corrected chi connectivity index (χ3v) is 11.6. The van der Waals surface area contributed by atoms with Gasteiger partial charge in [0.25, 0.3) is 0 Å². The molecule has 0 saturated carbocycles. The maximum atomic E-state index is 13.1. The largest absolute Gasteiger partial charge is 0.508 e. The minimum atomic E-state index is -1.19. The summed E-state index contributed by atoms with van der Waals surface area (Å²) in [4.78, 5) is 103. The van der Waals surface area contributed by atoms with E-state index < -0.39 is 99.3 Å². The molecule has 4 unspecified atom stereocenters. The Bertz CT molecular complexity index is 2470.